The molecule has 0 heterocycles. The van der Waals surface area contributed by atoms with Gasteiger partial charge in [0, 0.05) is 12.1 Å². The molecular formula is C16H24FN. The molecule has 0 spiro atoms. The van der Waals surface area contributed by atoms with Crippen LogP contribution < -0.4 is 5.32 Å². The highest BCUT2D eigenvalue weighted by Gasteiger charge is 2.24. The second-order valence-electron chi connectivity index (χ2n) is 6.05. The maximum absolute atomic E-state index is 12.9. The monoisotopic (exact) mass is 249 g/mol. The van der Waals surface area contributed by atoms with Crippen molar-refractivity contribution in [3.8, 4) is 0 Å². The number of benzene rings is 1. The van der Waals surface area contributed by atoms with Crippen molar-refractivity contribution in [2.45, 2.75) is 52.1 Å². The van der Waals surface area contributed by atoms with Crippen LogP contribution in [0.3, 0.4) is 0 Å². The van der Waals surface area contributed by atoms with Crippen LogP contribution in [0, 0.1) is 17.7 Å². The molecule has 3 unspecified atom stereocenters. The van der Waals surface area contributed by atoms with E-state index in [1.54, 1.807) is 12.1 Å². The number of halogens is 1. The Balaban J connectivity index is 1.94. The Hall–Kier alpha value is -0.890. The quantitative estimate of drug-likeness (QED) is 0.842. The lowest BCUT2D eigenvalue weighted by molar-refractivity contribution is 0.228. The Labute approximate surface area is 110 Å². The summed E-state index contributed by atoms with van der Waals surface area (Å²) in [5.41, 5.74) is 1.17. The summed E-state index contributed by atoms with van der Waals surface area (Å²) in [5, 5.41) is 3.69. The minimum atomic E-state index is -0.161. The fourth-order valence-electron chi connectivity index (χ4n) is 3.28. The number of rotatable bonds is 3. The van der Waals surface area contributed by atoms with Gasteiger partial charge in [-0.3, -0.25) is 0 Å². The molecule has 1 aliphatic rings. The van der Waals surface area contributed by atoms with Gasteiger partial charge in [0.05, 0.1) is 0 Å². The van der Waals surface area contributed by atoms with Gasteiger partial charge in [-0.1, -0.05) is 26.0 Å². The van der Waals surface area contributed by atoms with Crippen LogP contribution in [-0.2, 0) is 0 Å². The second-order valence-corrected chi connectivity index (χ2v) is 6.05. The number of hydrogen-bond donors (Lipinski definition) is 1. The smallest absolute Gasteiger partial charge is 0.123 e. The molecule has 0 aliphatic heterocycles. The molecule has 2 rings (SSSR count). The Morgan fingerprint density at radius 3 is 2.17 bits per heavy atom. The fraction of sp³-hybridized carbons (Fsp3) is 0.625. The van der Waals surface area contributed by atoms with Gasteiger partial charge in [-0.2, -0.15) is 0 Å². The summed E-state index contributed by atoms with van der Waals surface area (Å²) >= 11 is 0. The van der Waals surface area contributed by atoms with Crippen molar-refractivity contribution in [1.29, 1.82) is 0 Å². The zero-order valence-corrected chi connectivity index (χ0v) is 11.6. The predicted octanol–water partition coefficient (Wildman–Crippen LogP) is 4.30. The van der Waals surface area contributed by atoms with Gasteiger partial charge in [0.1, 0.15) is 5.82 Å². The lowest BCUT2D eigenvalue weighted by Crippen LogP contribution is -2.37. The molecule has 2 heteroatoms. The summed E-state index contributed by atoms with van der Waals surface area (Å²) in [6.45, 7) is 6.84. The predicted molar refractivity (Wildman–Crippen MR) is 73.9 cm³/mol. The van der Waals surface area contributed by atoms with Crippen LogP contribution in [0.1, 0.15) is 51.6 Å². The van der Waals surface area contributed by atoms with E-state index in [2.05, 4.69) is 26.1 Å². The molecule has 1 aromatic rings. The third kappa shape index (κ3) is 3.55. The van der Waals surface area contributed by atoms with E-state index in [0.717, 1.165) is 11.8 Å². The van der Waals surface area contributed by atoms with Crippen LogP contribution in [-0.4, -0.2) is 6.04 Å². The van der Waals surface area contributed by atoms with Gasteiger partial charge in [0.15, 0.2) is 0 Å². The molecule has 1 aromatic carbocycles. The molecule has 0 aromatic heterocycles. The summed E-state index contributed by atoms with van der Waals surface area (Å²) < 4.78 is 12.9. The zero-order chi connectivity index (χ0) is 13.1. The van der Waals surface area contributed by atoms with Crippen LogP contribution in [0.25, 0.3) is 0 Å². The molecule has 0 radical (unpaired) electrons. The summed E-state index contributed by atoms with van der Waals surface area (Å²) in [5.74, 6) is 1.46. The molecule has 1 N–H and O–H groups in total. The first-order chi connectivity index (χ1) is 8.54. The number of nitrogens with one attached hydrogen (secondary N) is 1. The molecular weight excluding hydrogens is 225 g/mol. The van der Waals surface area contributed by atoms with Crippen molar-refractivity contribution in [3.05, 3.63) is 35.6 Å². The second kappa shape index (κ2) is 5.83. The lowest BCUT2D eigenvalue weighted by Gasteiger charge is -2.34. The van der Waals surface area contributed by atoms with E-state index in [9.17, 15) is 4.39 Å². The fourth-order valence-corrected chi connectivity index (χ4v) is 3.28. The molecule has 0 saturated heterocycles. The van der Waals surface area contributed by atoms with Gasteiger partial charge in [0.2, 0.25) is 0 Å². The van der Waals surface area contributed by atoms with Gasteiger partial charge in [-0.15, -0.1) is 0 Å². The van der Waals surface area contributed by atoms with Crippen molar-refractivity contribution in [3.63, 3.8) is 0 Å². The van der Waals surface area contributed by atoms with Crippen molar-refractivity contribution < 1.29 is 4.39 Å². The van der Waals surface area contributed by atoms with Gasteiger partial charge in [0.25, 0.3) is 0 Å². The first-order valence-electron chi connectivity index (χ1n) is 7.06. The standard InChI is InChI=1S/C16H24FN/c1-11-8-12(2)10-16(9-11)18-13(3)14-4-6-15(17)7-5-14/h4-7,11-13,16,18H,8-10H2,1-3H3. The molecule has 1 aliphatic carbocycles. The zero-order valence-electron chi connectivity index (χ0n) is 11.6. The Bertz CT molecular complexity index is 363. The molecule has 0 amide bonds. The Kier molecular flexibility index (Phi) is 4.39. The molecule has 0 bridgehead atoms. The molecule has 18 heavy (non-hydrogen) atoms. The highest BCUT2D eigenvalue weighted by molar-refractivity contribution is 5.19. The minimum Gasteiger partial charge on any atom is -0.307 e. The lowest BCUT2D eigenvalue weighted by atomic mass is 9.80. The first kappa shape index (κ1) is 13.5. The highest BCUT2D eigenvalue weighted by Crippen LogP contribution is 2.29. The maximum Gasteiger partial charge on any atom is 0.123 e. The summed E-state index contributed by atoms with van der Waals surface area (Å²) in [6, 6.07) is 7.74. The van der Waals surface area contributed by atoms with Crippen LogP contribution in [0.15, 0.2) is 24.3 Å². The van der Waals surface area contributed by atoms with Crippen molar-refractivity contribution >= 4 is 0 Å². The van der Waals surface area contributed by atoms with Gasteiger partial charge < -0.3 is 5.32 Å². The minimum absolute atomic E-state index is 0.161. The summed E-state index contributed by atoms with van der Waals surface area (Å²) in [7, 11) is 0. The highest BCUT2D eigenvalue weighted by atomic mass is 19.1. The van der Waals surface area contributed by atoms with Crippen LogP contribution >= 0.6 is 0 Å². The maximum atomic E-state index is 12.9. The summed E-state index contributed by atoms with van der Waals surface area (Å²) in [6.07, 6.45) is 3.87. The van der Waals surface area contributed by atoms with Crippen molar-refractivity contribution in [2.24, 2.45) is 11.8 Å². The van der Waals surface area contributed by atoms with Crippen LogP contribution in [0.4, 0.5) is 4.39 Å². The van der Waals surface area contributed by atoms with E-state index in [1.807, 2.05) is 12.1 Å². The topological polar surface area (TPSA) is 12.0 Å². The van der Waals surface area contributed by atoms with Gasteiger partial charge in [-0.25, -0.2) is 4.39 Å². The third-order valence-electron chi connectivity index (χ3n) is 4.03. The van der Waals surface area contributed by atoms with E-state index in [1.165, 1.54) is 24.8 Å². The third-order valence-corrected chi connectivity index (χ3v) is 4.03. The van der Waals surface area contributed by atoms with Crippen LogP contribution in [0.2, 0.25) is 0 Å². The van der Waals surface area contributed by atoms with E-state index in [-0.39, 0.29) is 5.82 Å². The van der Waals surface area contributed by atoms with Crippen molar-refractivity contribution in [2.75, 3.05) is 0 Å². The largest absolute Gasteiger partial charge is 0.307 e. The summed E-state index contributed by atoms with van der Waals surface area (Å²) in [4.78, 5) is 0. The van der Waals surface area contributed by atoms with Gasteiger partial charge >= 0.3 is 0 Å². The van der Waals surface area contributed by atoms with E-state index >= 15 is 0 Å². The normalized spacial score (nSPS) is 30.1. The van der Waals surface area contributed by atoms with E-state index < -0.39 is 0 Å². The number of hydrogen-bond acceptors (Lipinski definition) is 1. The first-order valence-corrected chi connectivity index (χ1v) is 7.06. The molecule has 3 atom stereocenters. The SMILES string of the molecule is CC1CC(C)CC(NC(C)c2ccc(F)cc2)C1. The van der Waals surface area contributed by atoms with Gasteiger partial charge in [-0.05, 0) is 55.7 Å². The average molecular weight is 249 g/mol. The Morgan fingerprint density at radius 2 is 1.61 bits per heavy atom. The van der Waals surface area contributed by atoms with E-state index in [4.69, 9.17) is 0 Å². The molecule has 1 saturated carbocycles. The van der Waals surface area contributed by atoms with E-state index in [0.29, 0.717) is 12.1 Å². The molecule has 100 valence electrons. The van der Waals surface area contributed by atoms with Crippen LogP contribution in [0.5, 0.6) is 0 Å². The van der Waals surface area contributed by atoms with Crippen molar-refractivity contribution in [1.82, 2.24) is 5.32 Å². The average Bonchev–Trinajstić information content (AvgIpc) is 2.28. The Morgan fingerprint density at radius 1 is 1.06 bits per heavy atom. The molecule has 1 nitrogen and oxygen atoms in total. The molecule has 1 fully saturated rings.